The Bertz CT molecular complexity index is 738. The maximum Gasteiger partial charge on any atom is 0.410 e. The van der Waals surface area contributed by atoms with E-state index in [1.807, 2.05) is 32.9 Å². The third kappa shape index (κ3) is 3.83. The molecule has 3 rings (SSSR count). The van der Waals surface area contributed by atoms with Crippen LogP contribution in [0.1, 0.15) is 31.9 Å². The molecule has 24 heavy (non-hydrogen) atoms. The molecule has 2 aliphatic heterocycles. The number of fused-ring (bicyclic) bond motifs is 1. The third-order valence-corrected chi connectivity index (χ3v) is 5.88. The second-order valence-electron chi connectivity index (χ2n) is 7.43. The van der Waals surface area contributed by atoms with Crippen molar-refractivity contribution in [3.63, 3.8) is 0 Å². The predicted molar refractivity (Wildman–Crippen MR) is 92.8 cm³/mol. The van der Waals surface area contributed by atoms with Gasteiger partial charge in [-0.15, -0.1) is 0 Å². The largest absolute Gasteiger partial charge is 0.444 e. The molecule has 7 heteroatoms. The van der Waals surface area contributed by atoms with E-state index in [1.165, 1.54) is 0 Å². The average molecular weight is 352 g/mol. The highest BCUT2D eigenvalue weighted by Crippen LogP contribution is 2.29. The predicted octanol–water partition coefficient (Wildman–Crippen LogP) is 2.17. The molecule has 2 heterocycles. The zero-order valence-electron chi connectivity index (χ0n) is 14.4. The average Bonchev–Trinajstić information content (AvgIpc) is 2.88. The van der Waals surface area contributed by atoms with Gasteiger partial charge in [0.1, 0.15) is 5.60 Å². The molecule has 1 fully saturated rings. The van der Waals surface area contributed by atoms with Gasteiger partial charge in [-0.1, -0.05) is 6.07 Å². The van der Waals surface area contributed by atoms with Crippen molar-refractivity contribution < 1.29 is 17.9 Å². The second kappa shape index (κ2) is 5.95. The fourth-order valence-corrected chi connectivity index (χ4v) is 4.21. The highest BCUT2D eigenvalue weighted by atomic mass is 32.2. The zero-order chi connectivity index (χ0) is 17.5. The van der Waals surface area contributed by atoms with Crippen molar-refractivity contribution in [2.24, 2.45) is 0 Å². The summed E-state index contributed by atoms with van der Waals surface area (Å²) < 4.78 is 28.6. The first-order valence-corrected chi connectivity index (χ1v) is 10.0. The summed E-state index contributed by atoms with van der Waals surface area (Å²) in [5.74, 6) is 0.405. The number of hydrogen-bond donors (Lipinski definition) is 0. The number of benzene rings is 1. The summed E-state index contributed by atoms with van der Waals surface area (Å²) >= 11 is 0. The summed E-state index contributed by atoms with van der Waals surface area (Å²) in [4.78, 5) is 16.0. The lowest BCUT2D eigenvalue weighted by atomic mass is 10.1. The number of hydrogen-bond acceptors (Lipinski definition) is 5. The lowest BCUT2D eigenvalue weighted by Gasteiger charge is -2.29. The molecule has 0 unspecified atom stereocenters. The number of sulfone groups is 1. The number of carbonyl (C=O) groups excluding carboxylic acids is 1. The van der Waals surface area contributed by atoms with Crippen LogP contribution in [0.4, 0.5) is 10.5 Å². The molecule has 0 N–H and O–H groups in total. The van der Waals surface area contributed by atoms with E-state index in [2.05, 4.69) is 11.0 Å². The molecule has 1 aromatic rings. The Morgan fingerprint density at radius 1 is 1.08 bits per heavy atom. The maximum absolute atomic E-state index is 12.2. The summed E-state index contributed by atoms with van der Waals surface area (Å²) in [6, 6.07) is 6.10. The van der Waals surface area contributed by atoms with Crippen molar-refractivity contribution in [2.45, 2.75) is 39.5 Å². The molecule has 0 aliphatic carbocycles. The summed E-state index contributed by atoms with van der Waals surface area (Å²) in [6.45, 7) is 7.71. The molecule has 1 aromatic carbocycles. The molecule has 0 spiro atoms. The molecule has 0 bridgehead atoms. The SMILES string of the molecule is CC(C)(C)OC(=O)N1Cc2ccc(N3CCS(=O)(=O)CC3)cc2C1. The van der Waals surface area contributed by atoms with Crippen LogP contribution in [0.15, 0.2) is 18.2 Å². The van der Waals surface area contributed by atoms with E-state index in [9.17, 15) is 13.2 Å². The van der Waals surface area contributed by atoms with Gasteiger partial charge in [0, 0.05) is 31.9 Å². The van der Waals surface area contributed by atoms with E-state index < -0.39 is 15.4 Å². The van der Waals surface area contributed by atoms with Gasteiger partial charge in [-0.05, 0) is 44.0 Å². The minimum Gasteiger partial charge on any atom is -0.444 e. The van der Waals surface area contributed by atoms with Crippen LogP contribution in [-0.2, 0) is 27.7 Å². The summed E-state index contributed by atoms with van der Waals surface area (Å²) in [6.07, 6.45) is -0.302. The standard InChI is InChI=1S/C17H24N2O4S/c1-17(2,3)23-16(20)19-11-13-4-5-15(10-14(13)12-19)18-6-8-24(21,22)9-7-18/h4-5,10H,6-9,11-12H2,1-3H3. The molecule has 0 radical (unpaired) electrons. The van der Waals surface area contributed by atoms with Crippen molar-refractivity contribution in [2.75, 3.05) is 29.5 Å². The van der Waals surface area contributed by atoms with E-state index in [-0.39, 0.29) is 17.6 Å². The number of ether oxygens (including phenoxy) is 1. The van der Waals surface area contributed by atoms with E-state index >= 15 is 0 Å². The van der Waals surface area contributed by atoms with E-state index in [0.717, 1.165) is 16.8 Å². The van der Waals surface area contributed by atoms with Crippen LogP contribution < -0.4 is 4.90 Å². The minimum absolute atomic E-state index is 0.202. The Balaban J connectivity index is 1.69. The molecule has 0 saturated carbocycles. The van der Waals surface area contributed by atoms with E-state index in [4.69, 9.17) is 4.74 Å². The maximum atomic E-state index is 12.2. The Morgan fingerprint density at radius 3 is 2.33 bits per heavy atom. The van der Waals surface area contributed by atoms with E-state index in [1.54, 1.807) is 4.90 Å². The van der Waals surface area contributed by atoms with Crippen molar-refractivity contribution in [1.29, 1.82) is 0 Å². The zero-order valence-corrected chi connectivity index (χ0v) is 15.2. The lowest BCUT2D eigenvalue weighted by Crippen LogP contribution is -2.40. The number of rotatable bonds is 1. The van der Waals surface area contributed by atoms with Crippen molar-refractivity contribution >= 4 is 21.6 Å². The minimum atomic E-state index is -2.88. The number of nitrogens with zero attached hydrogens (tertiary/aromatic N) is 2. The van der Waals surface area contributed by atoms with Gasteiger partial charge in [-0.2, -0.15) is 0 Å². The van der Waals surface area contributed by atoms with Crippen LogP contribution in [0.2, 0.25) is 0 Å². The topological polar surface area (TPSA) is 66.9 Å². The fraction of sp³-hybridized carbons (Fsp3) is 0.588. The van der Waals surface area contributed by atoms with Crippen LogP contribution in [0, 0.1) is 0 Å². The van der Waals surface area contributed by atoms with Gasteiger partial charge < -0.3 is 9.64 Å². The molecule has 0 atom stereocenters. The van der Waals surface area contributed by atoms with Crippen LogP contribution in [0.3, 0.4) is 0 Å². The Kier molecular flexibility index (Phi) is 4.23. The van der Waals surface area contributed by atoms with Crippen LogP contribution in [0.25, 0.3) is 0 Å². The first-order valence-electron chi connectivity index (χ1n) is 8.18. The molecule has 132 valence electrons. The monoisotopic (exact) mass is 352 g/mol. The molecular formula is C17H24N2O4S. The van der Waals surface area contributed by atoms with Crippen molar-refractivity contribution in [3.8, 4) is 0 Å². The molecule has 1 saturated heterocycles. The Labute approximate surface area is 143 Å². The summed E-state index contributed by atoms with van der Waals surface area (Å²) in [5, 5.41) is 0. The smallest absolute Gasteiger partial charge is 0.410 e. The van der Waals surface area contributed by atoms with Gasteiger partial charge in [-0.25, -0.2) is 13.2 Å². The third-order valence-electron chi connectivity index (χ3n) is 4.27. The van der Waals surface area contributed by atoms with Crippen molar-refractivity contribution in [1.82, 2.24) is 4.90 Å². The van der Waals surface area contributed by atoms with Gasteiger partial charge in [0.15, 0.2) is 9.84 Å². The summed E-state index contributed by atoms with van der Waals surface area (Å²) in [5.41, 5.74) is 2.74. The normalized spacial score (nSPS) is 20.0. The van der Waals surface area contributed by atoms with Gasteiger partial charge in [0.05, 0.1) is 11.5 Å². The summed E-state index contributed by atoms with van der Waals surface area (Å²) in [7, 11) is -2.88. The lowest BCUT2D eigenvalue weighted by molar-refractivity contribution is 0.0242. The Morgan fingerprint density at radius 2 is 1.71 bits per heavy atom. The molecule has 6 nitrogen and oxygen atoms in total. The highest BCUT2D eigenvalue weighted by Gasteiger charge is 2.29. The van der Waals surface area contributed by atoms with Crippen molar-refractivity contribution in [3.05, 3.63) is 29.3 Å². The number of carbonyl (C=O) groups is 1. The van der Waals surface area contributed by atoms with Gasteiger partial charge in [0.2, 0.25) is 0 Å². The number of anilines is 1. The first-order chi connectivity index (χ1) is 11.1. The van der Waals surface area contributed by atoms with Crippen LogP contribution >= 0.6 is 0 Å². The number of amides is 1. The van der Waals surface area contributed by atoms with Crippen LogP contribution in [0.5, 0.6) is 0 Å². The quantitative estimate of drug-likeness (QED) is 0.775. The van der Waals surface area contributed by atoms with Crippen LogP contribution in [-0.4, -0.2) is 49.6 Å². The van der Waals surface area contributed by atoms with Gasteiger partial charge in [-0.3, -0.25) is 4.90 Å². The molecule has 0 aromatic heterocycles. The molecular weight excluding hydrogens is 328 g/mol. The molecule has 1 amide bonds. The fourth-order valence-electron chi connectivity index (χ4n) is 3.00. The van der Waals surface area contributed by atoms with Gasteiger partial charge in [0.25, 0.3) is 0 Å². The highest BCUT2D eigenvalue weighted by molar-refractivity contribution is 7.91. The first kappa shape index (κ1) is 17.1. The molecule has 2 aliphatic rings. The second-order valence-corrected chi connectivity index (χ2v) is 9.73. The Hall–Kier alpha value is -1.76. The van der Waals surface area contributed by atoms with Gasteiger partial charge >= 0.3 is 6.09 Å². The van der Waals surface area contributed by atoms with E-state index in [0.29, 0.717) is 26.2 Å².